The van der Waals surface area contributed by atoms with E-state index in [1.807, 2.05) is 66.3 Å². The zero-order valence-corrected chi connectivity index (χ0v) is 13.1. The molecule has 3 rings (SSSR count). The van der Waals surface area contributed by atoms with Gasteiger partial charge in [-0.2, -0.15) is 0 Å². The fraction of sp³-hybridized carbons (Fsp3) is 0.412. The molecular formula is C17H22N4O. The van der Waals surface area contributed by atoms with Crippen molar-refractivity contribution in [2.24, 2.45) is 7.05 Å². The van der Waals surface area contributed by atoms with Crippen LogP contribution in [0.4, 0.5) is 5.82 Å². The Labute approximate surface area is 131 Å². The van der Waals surface area contributed by atoms with Gasteiger partial charge in [-0.05, 0) is 37.1 Å². The van der Waals surface area contributed by atoms with Gasteiger partial charge >= 0.3 is 0 Å². The summed E-state index contributed by atoms with van der Waals surface area (Å²) in [7, 11) is 3.81. The van der Waals surface area contributed by atoms with Crippen molar-refractivity contribution in [3.8, 4) is 0 Å². The quantitative estimate of drug-likeness (QED) is 0.872. The van der Waals surface area contributed by atoms with Crippen LogP contribution in [-0.4, -0.2) is 46.5 Å². The van der Waals surface area contributed by atoms with Crippen LogP contribution in [0.2, 0.25) is 0 Å². The van der Waals surface area contributed by atoms with Crippen molar-refractivity contribution in [1.29, 1.82) is 0 Å². The van der Waals surface area contributed by atoms with Gasteiger partial charge in [0.15, 0.2) is 0 Å². The van der Waals surface area contributed by atoms with Crippen LogP contribution in [0.3, 0.4) is 0 Å². The highest BCUT2D eigenvalue weighted by Gasteiger charge is 2.28. The molecule has 0 radical (unpaired) electrons. The summed E-state index contributed by atoms with van der Waals surface area (Å²) in [5.41, 5.74) is 0.734. The number of amides is 1. The van der Waals surface area contributed by atoms with Crippen molar-refractivity contribution in [2.45, 2.75) is 18.9 Å². The van der Waals surface area contributed by atoms with Crippen LogP contribution in [0.5, 0.6) is 0 Å². The molecule has 5 nitrogen and oxygen atoms in total. The molecule has 1 unspecified atom stereocenters. The maximum absolute atomic E-state index is 12.6. The lowest BCUT2D eigenvalue weighted by molar-refractivity contribution is 0.0707. The van der Waals surface area contributed by atoms with Crippen LogP contribution in [0.25, 0.3) is 0 Å². The summed E-state index contributed by atoms with van der Waals surface area (Å²) >= 11 is 0. The van der Waals surface area contributed by atoms with Gasteiger partial charge < -0.3 is 14.4 Å². The fourth-order valence-corrected chi connectivity index (χ4v) is 3.05. The first-order chi connectivity index (χ1) is 10.7. The van der Waals surface area contributed by atoms with Crippen LogP contribution in [-0.2, 0) is 7.05 Å². The summed E-state index contributed by atoms with van der Waals surface area (Å²) in [4.78, 5) is 21.2. The number of hydrogen-bond acceptors (Lipinski definition) is 3. The molecule has 1 aliphatic heterocycles. The number of anilines is 1. The van der Waals surface area contributed by atoms with E-state index in [-0.39, 0.29) is 11.9 Å². The Morgan fingerprint density at radius 2 is 2.18 bits per heavy atom. The second kappa shape index (κ2) is 6.22. The Balaban J connectivity index is 1.72. The molecule has 1 atom stereocenters. The second-order valence-corrected chi connectivity index (χ2v) is 5.85. The molecule has 0 aromatic carbocycles. The fourth-order valence-electron chi connectivity index (χ4n) is 3.05. The predicted octanol–water partition coefficient (Wildman–Crippen LogP) is 2.16. The van der Waals surface area contributed by atoms with Gasteiger partial charge in [-0.25, -0.2) is 4.98 Å². The van der Waals surface area contributed by atoms with Crippen LogP contribution in [0.1, 0.15) is 23.3 Å². The van der Waals surface area contributed by atoms with Gasteiger partial charge in [-0.1, -0.05) is 6.07 Å². The van der Waals surface area contributed by atoms with E-state index in [4.69, 9.17) is 0 Å². The highest BCUT2D eigenvalue weighted by Crippen LogP contribution is 2.21. The molecule has 0 N–H and O–H groups in total. The number of hydrogen-bond donors (Lipinski definition) is 0. The Kier molecular flexibility index (Phi) is 4.13. The number of nitrogens with zero attached hydrogens (tertiary/aromatic N) is 4. The standard InChI is InChI=1S/C17H22N4O/c1-19-11-6-8-15(19)17(22)20(2)14-7-5-12-21(13-14)16-9-3-4-10-18-16/h3-4,6,8-11,14H,5,7,12-13H2,1-2H3. The minimum Gasteiger partial charge on any atom is -0.355 e. The average molecular weight is 298 g/mol. The number of aromatic nitrogens is 2. The van der Waals surface area contributed by atoms with Gasteiger partial charge in [0.1, 0.15) is 11.5 Å². The minimum atomic E-state index is 0.0837. The summed E-state index contributed by atoms with van der Waals surface area (Å²) in [6.07, 6.45) is 5.84. The highest BCUT2D eigenvalue weighted by atomic mass is 16.2. The van der Waals surface area contributed by atoms with Gasteiger partial charge in [0, 0.05) is 45.6 Å². The number of likely N-dealkylation sites (N-methyl/N-ethyl adjacent to an activating group) is 1. The number of rotatable bonds is 3. The largest absolute Gasteiger partial charge is 0.355 e. The van der Waals surface area contributed by atoms with Crippen molar-refractivity contribution in [3.05, 3.63) is 48.4 Å². The third-order valence-corrected chi connectivity index (χ3v) is 4.40. The van der Waals surface area contributed by atoms with E-state index >= 15 is 0 Å². The topological polar surface area (TPSA) is 41.4 Å². The minimum absolute atomic E-state index is 0.0837. The molecule has 0 spiro atoms. The lowest BCUT2D eigenvalue weighted by atomic mass is 10.0. The Bertz CT molecular complexity index is 637. The molecule has 2 aromatic rings. The van der Waals surface area contributed by atoms with E-state index in [1.165, 1.54) is 0 Å². The first kappa shape index (κ1) is 14.6. The third kappa shape index (κ3) is 2.84. The first-order valence-electron chi connectivity index (χ1n) is 7.71. The molecule has 22 heavy (non-hydrogen) atoms. The molecule has 1 fully saturated rings. The predicted molar refractivity (Wildman–Crippen MR) is 87.0 cm³/mol. The molecule has 1 amide bonds. The Morgan fingerprint density at radius 1 is 1.32 bits per heavy atom. The second-order valence-electron chi connectivity index (χ2n) is 5.85. The van der Waals surface area contributed by atoms with E-state index < -0.39 is 0 Å². The van der Waals surface area contributed by atoms with Crippen molar-refractivity contribution >= 4 is 11.7 Å². The monoisotopic (exact) mass is 298 g/mol. The molecule has 116 valence electrons. The van der Waals surface area contributed by atoms with E-state index in [9.17, 15) is 4.79 Å². The van der Waals surface area contributed by atoms with Crippen molar-refractivity contribution in [3.63, 3.8) is 0 Å². The molecule has 0 saturated carbocycles. The SMILES string of the molecule is CN(C(=O)c1cccn1C)C1CCCN(c2ccccn2)C1. The Hall–Kier alpha value is -2.30. The van der Waals surface area contributed by atoms with E-state index in [1.54, 1.807) is 0 Å². The van der Waals surface area contributed by atoms with Gasteiger partial charge in [-0.15, -0.1) is 0 Å². The highest BCUT2D eigenvalue weighted by molar-refractivity contribution is 5.92. The molecule has 0 aliphatic carbocycles. The van der Waals surface area contributed by atoms with Gasteiger partial charge in [0.05, 0.1) is 0 Å². The van der Waals surface area contributed by atoms with Crippen molar-refractivity contribution in [2.75, 3.05) is 25.0 Å². The summed E-state index contributed by atoms with van der Waals surface area (Å²) in [6, 6.07) is 9.96. The maximum atomic E-state index is 12.6. The summed E-state index contributed by atoms with van der Waals surface area (Å²) in [6.45, 7) is 1.84. The van der Waals surface area contributed by atoms with Crippen molar-refractivity contribution in [1.82, 2.24) is 14.5 Å². The van der Waals surface area contributed by atoms with Gasteiger partial charge in [0.2, 0.25) is 0 Å². The zero-order chi connectivity index (χ0) is 15.5. The number of carbonyl (C=O) groups excluding carboxylic acids is 1. The summed E-state index contributed by atoms with van der Waals surface area (Å²) < 4.78 is 1.87. The first-order valence-corrected chi connectivity index (χ1v) is 7.71. The van der Waals surface area contributed by atoms with Crippen LogP contribution in [0, 0.1) is 0 Å². The van der Waals surface area contributed by atoms with E-state index in [2.05, 4.69) is 9.88 Å². The lowest BCUT2D eigenvalue weighted by Crippen LogP contribution is -2.49. The molecule has 1 saturated heterocycles. The van der Waals surface area contributed by atoms with Gasteiger partial charge in [-0.3, -0.25) is 4.79 Å². The van der Waals surface area contributed by atoms with Crippen LogP contribution in [0.15, 0.2) is 42.7 Å². The zero-order valence-electron chi connectivity index (χ0n) is 13.1. The molecule has 3 heterocycles. The lowest BCUT2D eigenvalue weighted by Gasteiger charge is -2.38. The third-order valence-electron chi connectivity index (χ3n) is 4.40. The number of aryl methyl sites for hydroxylation is 1. The molecular weight excluding hydrogens is 276 g/mol. The van der Waals surface area contributed by atoms with Crippen molar-refractivity contribution < 1.29 is 4.79 Å². The summed E-state index contributed by atoms with van der Waals surface area (Å²) in [5, 5.41) is 0. The molecule has 1 aliphatic rings. The van der Waals surface area contributed by atoms with Gasteiger partial charge in [0.25, 0.3) is 5.91 Å². The number of pyridine rings is 1. The van der Waals surface area contributed by atoms with E-state index in [0.717, 1.165) is 37.4 Å². The maximum Gasteiger partial charge on any atom is 0.270 e. The normalized spacial score (nSPS) is 18.3. The summed E-state index contributed by atoms with van der Waals surface area (Å²) in [5.74, 6) is 1.08. The molecule has 5 heteroatoms. The van der Waals surface area contributed by atoms with E-state index in [0.29, 0.717) is 0 Å². The molecule has 2 aromatic heterocycles. The smallest absolute Gasteiger partial charge is 0.270 e. The molecule has 0 bridgehead atoms. The Morgan fingerprint density at radius 3 is 2.86 bits per heavy atom. The van der Waals surface area contributed by atoms with Crippen LogP contribution < -0.4 is 4.90 Å². The number of piperidine rings is 1. The average Bonchev–Trinajstić information content (AvgIpc) is 3.00. The van der Waals surface area contributed by atoms with Crippen LogP contribution >= 0.6 is 0 Å². The number of carbonyl (C=O) groups is 1.